The van der Waals surface area contributed by atoms with E-state index in [2.05, 4.69) is 4.98 Å². The first-order valence-electron chi connectivity index (χ1n) is 6.09. The predicted octanol–water partition coefficient (Wildman–Crippen LogP) is 1.98. The Morgan fingerprint density at radius 2 is 1.80 bits per heavy atom. The smallest absolute Gasteiger partial charge is 0.212 e. The van der Waals surface area contributed by atoms with Gasteiger partial charge in [0, 0.05) is 17.8 Å². The summed E-state index contributed by atoms with van der Waals surface area (Å²) < 4.78 is 10.0. The number of Topliss-reactive ketones (excluding diaryl/α,β-unsaturated/α-hetero) is 1. The molecule has 0 spiro atoms. The van der Waals surface area contributed by atoms with Crippen LogP contribution in [-0.2, 0) is 0 Å². The number of carbonyl (C=O) groups excluding carboxylic acids is 1. The molecule has 2 rings (SSSR count). The topological polar surface area (TPSA) is 74.4 Å². The highest BCUT2D eigenvalue weighted by molar-refractivity contribution is 6.00. The third-order valence-corrected chi connectivity index (χ3v) is 2.98. The van der Waals surface area contributed by atoms with E-state index in [4.69, 9.17) is 15.2 Å². The monoisotopic (exact) mass is 272 g/mol. The number of nitrogens with zero attached hydrogens (tertiary/aromatic N) is 1. The van der Waals surface area contributed by atoms with Crippen LogP contribution in [0.1, 0.15) is 22.0 Å². The number of carbonyl (C=O) groups is 1. The number of aromatic nitrogens is 1. The summed E-state index contributed by atoms with van der Waals surface area (Å²) in [5.41, 5.74) is 7.15. The van der Waals surface area contributed by atoms with Gasteiger partial charge in [0.2, 0.25) is 5.88 Å². The van der Waals surface area contributed by atoms with Gasteiger partial charge in [0.1, 0.15) is 5.75 Å². The Morgan fingerprint density at radius 1 is 1.10 bits per heavy atom. The average Bonchev–Trinajstić information content (AvgIpc) is 2.53. The van der Waals surface area contributed by atoms with Crippen molar-refractivity contribution in [2.24, 2.45) is 5.73 Å². The number of hydrogen-bond donors (Lipinski definition) is 1. The Balaban J connectivity index is 2.17. The number of ketones is 1. The lowest BCUT2D eigenvalue weighted by Gasteiger charge is -2.11. The lowest BCUT2D eigenvalue weighted by Crippen LogP contribution is -2.21. The van der Waals surface area contributed by atoms with Gasteiger partial charge in [-0.25, -0.2) is 4.98 Å². The Labute approximate surface area is 117 Å². The Hall–Kier alpha value is -2.40. The van der Waals surface area contributed by atoms with Crippen LogP contribution in [0.15, 0.2) is 42.6 Å². The highest BCUT2D eigenvalue weighted by Gasteiger charge is 2.18. The van der Waals surface area contributed by atoms with Gasteiger partial charge < -0.3 is 15.2 Å². The standard InChI is InChI=1S/C15H16N2O3/c1-19-12-6-3-10(4-7-12)15(18)14(16)11-5-8-13(20-2)17-9-11/h3-9,14H,16H2,1-2H3. The van der Waals surface area contributed by atoms with Crippen molar-refractivity contribution in [2.75, 3.05) is 14.2 Å². The molecule has 1 unspecified atom stereocenters. The fourth-order valence-electron chi connectivity index (χ4n) is 1.78. The molecule has 5 nitrogen and oxygen atoms in total. The molecule has 1 aromatic carbocycles. The van der Waals surface area contributed by atoms with Gasteiger partial charge >= 0.3 is 0 Å². The van der Waals surface area contributed by atoms with Crippen LogP contribution in [0.2, 0.25) is 0 Å². The zero-order valence-corrected chi connectivity index (χ0v) is 11.4. The molecule has 0 aliphatic rings. The summed E-state index contributed by atoms with van der Waals surface area (Å²) in [5.74, 6) is 1.01. The van der Waals surface area contributed by atoms with Crippen molar-refractivity contribution >= 4 is 5.78 Å². The maximum Gasteiger partial charge on any atom is 0.212 e. The first-order valence-corrected chi connectivity index (χ1v) is 6.09. The minimum absolute atomic E-state index is 0.167. The van der Waals surface area contributed by atoms with Gasteiger partial charge in [-0.1, -0.05) is 6.07 Å². The van der Waals surface area contributed by atoms with Crippen molar-refractivity contribution < 1.29 is 14.3 Å². The van der Waals surface area contributed by atoms with E-state index < -0.39 is 6.04 Å². The van der Waals surface area contributed by atoms with E-state index in [0.29, 0.717) is 22.8 Å². The molecule has 0 aliphatic carbocycles. The van der Waals surface area contributed by atoms with Gasteiger partial charge in [-0.3, -0.25) is 4.79 Å². The summed E-state index contributed by atoms with van der Waals surface area (Å²) in [6, 6.07) is 9.50. The maximum atomic E-state index is 12.3. The number of ether oxygens (including phenoxy) is 2. The van der Waals surface area contributed by atoms with E-state index in [1.54, 1.807) is 49.7 Å². The van der Waals surface area contributed by atoms with Crippen molar-refractivity contribution in [3.05, 3.63) is 53.7 Å². The second kappa shape index (κ2) is 6.16. The zero-order valence-electron chi connectivity index (χ0n) is 11.4. The number of methoxy groups -OCH3 is 2. The van der Waals surface area contributed by atoms with Crippen LogP contribution < -0.4 is 15.2 Å². The number of benzene rings is 1. The molecule has 2 N–H and O–H groups in total. The molecule has 1 aromatic heterocycles. The Bertz CT molecular complexity index is 579. The average molecular weight is 272 g/mol. The fraction of sp³-hybridized carbons (Fsp3) is 0.200. The Morgan fingerprint density at radius 3 is 2.30 bits per heavy atom. The number of pyridine rings is 1. The van der Waals surface area contributed by atoms with Crippen molar-refractivity contribution in [3.63, 3.8) is 0 Å². The van der Waals surface area contributed by atoms with E-state index in [1.165, 1.54) is 7.11 Å². The predicted molar refractivity (Wildman–Crippen MR) is 75.0 cm³/mol. The molecule has 0 radical (unpaired) electrons. The molecule has 0 fully saturated rings. The van der Waals surface area contributed by atoms with Crippen LogP contribution in [0.3, 0.4) is 0 Å². The summed E-state index contributed by atoms with van der Waals surface area (Å²) >= 11 is 0. The fourth-order valence-corrected chi connectivity index (χ4v) is 1.78. The molecule has 2 aromatic rings. The number of nitrogens with two attached hydrogens (primary N) is 1. The van der Waals surface area contributed by atoms with E-state index in [9.17, 15) is 4.79 Å². The van der Waals surface area contributed by atoms with Crippen LogP contribution >= 0.6 is 0 Å². The molecule has 1 heterocycles. The lowest BCUT2D eigenvalue weighted by atomic mass is 9.99. The molecular weight excluding hydrogens is 256 g/mol. The third-order valence-electron chi connectivity index (χ3n) is 2.98. The van der Waals surface area contributed by atoms with Crippen LogP contribution in [0.5, 0.6) is 11.6 Å². The first-order chi connectivity index (χ1) is 9.65. The summed E-state index contributed by atoms with van der Waals surface area (Å²) in [6.45, 7) is 0. The van der Waals surface area contributed by atoms with Crippen molar-refractivity contribution in [3.8, 4) is 11.6 Å². The van der Waals surface area contributed by atoms with Crippen LogP contribution in [0, 0.1) is 0 Å². The molecule has 5 heteroatoms. The van der Waals surface area contributed by atoms with E-state index in [1.807, 2.05) is 0 Å². The molecule has 0 aliphatic heterocycles. The second-order valence-corrected chi connectivity index (χ2v) is 4.20. The molecule has 1 atom stereocenters. The van der Waals surface area contributed by atoms with Gasteiger partial charge in [-0.2, -0.15) is 0 Å². The van der Waals surface area contributed by atoms with E-state index in [0.717, 1.165) is 0 Å². The summed E-state index contributed by atoms with van der Waals surface area (Å²) in [5, 5.41) is 0. The molecule has 20 heavy (non-hydrogen) atoms. The van der Waals surface area contributed by atoms with Crippen LogP contribution in [0.25, 0.3) is 0 Å². The highest BCUT2D eigenvalue weighted by atomic mass is 16.5. The zero-order chi connectivity index (χ0) is 14.5. The largest absolute Gasteiger partial charge is 0.497 e. The van der Waals surface area contributed by atoms with E-state index in [-0.39, 0.29) is 5.78 Å². The van der Waals surface area contributed by atoms with Crippen LogP contribution in [-0.4, -0.2) is 25.0 Å². The lowest BCUT2D eigenvalue weighted by molar-refractivity contribution is 0.0961. The maximum absolute atomic E-state index is 12.3. The third kappa shape index (κ3) is 2.95. The summed E-state index contributed by atoms with van der Waals surface area (Å²) in [4.78, 5) is 16.3. The SMILES string of the molecule is COc1ccc(C(=O)C(N)c2ccc(OC)nc2)cc1. The van der Waals surface area contributed by atoms with Crippen molar-refractivity contribution in [1.29, 1.82) is 0 Å². The van der Waals surface area contributed by atoms with Gasteiger partial charge in [-0.05, 0) is 29.8 Å². The van der Waals surface area contributed by atoms with E-state index >= 15 is 0 Å². The van der Waals surface area contributed by atoms with Crippen LogP contribution in [0.4, 0.5) is 0 Å². The quantitative estimate of drug-likeness (QED) is 0.842. The molecule has 0 saturated carbocycles. The normalized spacial score (nSPS) is 11.8. The second-order valence-electron chi connectivity index (χ2n) is 4.20. The van der Waals surface area contributed by atoms with Gasteiger partial charge in [0.05, 0.1) is 20.3 Å². The molecule has 0 saturated heterocycles. The van der Waals surface area contributed by atoms with Gasteiger partial charge in [0.25, 0.3) is 0 Å². The number of hydrogen-bond acceptors (Lipinski definition) is 5. The van der Waals surface area contributed by atoms with Gasteiger partial charge in [-0.15, -0.1) is 0 Å². The summed E-state index contributed by atoms with van der Waals surface area (Å²) in [6.07, 6.45) is 1.55. The first kappa shape index (κ1) is 14.0. The van der Waals surface area contributed by atoms with Crippen molar-refractivity contribution in [2.45, 2.75) is 6.04 Å². The summed E-state index contributed by atoms with van der Waals surface area (Å²) in [7, 11) is 3.11. The Kier molecular flexibility index (Phi) is 4.32. The van der Waals surface area contributed by atoms with Crippen molar-refractivity contribution in [1.82, 2.24) is 4.98 Å². The highest BCUT2D eigenvalue weighted by Crippen LogP contribution is 2.19. The van der Waals surface area contributed by atoms with Gasteiger partial charge in [0.15, 0.2) is 5.78 Å². The minimum Gasteiger partial charge on any atom is -0.497 e. The molecule has 0 amide bonds. The minimum atomic E-state index is -0.748. The molecule has 104 valence electrons. The molecular formula is C15H16N2O3. The molecule has 0 bridgehead atoms. The number of rotatable bonds is 5.